The molecule has 2 aliphatic rings. The van der Waals surface area contributed by atoms with Crippen molar-refractivity contribution in [2.45, 2.75) is 35.2 Å². The van der Waals surface area contributed by atoms with Crippen LogP contribution in [0.2, 0.25) is 14.0 Å². The van der Waals surface area contributed by atoms with E-state index < -0.39 is 14.2 Å². The molecule has 0 aromatic heterocycles. The van der Waals surface area contributed by atoms with E-state index in [9.17, 15) is 0 Å². The molecule has 2 unspecified atom stereocenters. The van der Waals surface area contributed by atoms with Crippen molar-refractivity contribution in [1.29, 1.82) is 0 Å². The van der Waals surface area contributed by atoms with E-state index in [4.69, 9.17) is 0 Å². The van der Waals surface area contributed by atoms with Crippen LogP contribution in [0.4, 0.5) is 0 Å². The van der Waals surface area contributed by atoms with E-state index in [0.29, 0.717) is 7.35 Å². The molecule has 0 saturated carbocycles. The van der Waals surface area contributed by atoms with Crippen LogP contribution in [0.15, 0.2) is 139 Å². The molecule has 0 N–H and O–H groups in total. The summed E-state index contributed by atoms with van der Waals surface area (Å²) in [6.45, 7) is 7.26. The summed E-state index contributed by atoms with van der Waals surface area (Å²) >= 11 is -5.43. The van der Waals surface area contributed by atoms with Crippen molar-refractivity contribution >= 4 is 22.4 Å². The summed E-state index contributed by atoms with van der Waals surface area (Å²) in [7, 11) is 0. The summed E-state index contributed by atoms with van der Waals surface area (Å²) in [6, 6.07) is 47.6. The maximum atomic E-state index is 2.79. The fraction of sp³-hybridized carbons (Fsp3) is 0.171. The zero-order valence-electron chi connectivity index (χ0n) is 26.1. The number of allylic oxidation sites excluding steroid dienone is 2. The third-order valence-electron chi connectivity index (χ3n) is 11.7. The second kappa shape index (κ2) is 8.64. The Morgan fingerprint density at radius 3 is 1.23 bits per heavy atom. The van der Waals surface area contributed by atoms with Gasteiger partial charge in [0.2, 0.25) is 0 Å². The van der Waals surface area contributed by atoms with Crippen LogP contribution in [0.5, 0.6) is 0 Å². The van der Waals surface area contributed by atoms with Crippen molar-refractivity contribution in [1.82, 2.24) is 0 Å². The molecule has 0 bridgehead atoms. The Labute approximate surface area is 253 Å². The summed E-state index contributed by atoms with van der Waals surface area (Å²) in [5.74, 6) is 0. The van der Waals surface area contributed by atoms with E-state index >= 15 is 0 Å². The van der Waals surface area contributed by atoms with Crippen molar-refractivity contribution < 1.29 is 14.2 Å². The summed E-state index contributed by atoms with van der Waals surface area (Å²) in [5.41, 5.74) is 14.0. The molecule has 0 radical (unpaired) electrons. The molecule has 0 nitrogen and oxygen atoms in total. The Kier molecular flexibility index (Phi) is 5.72. The van der Waals surface area contributed by atoms with Gasteiger partial charge in [-0.25, -0.2) is 0 Å². The van der Waals surface area contributed by atoms with Crippen molar-refractivity contribution in [2.24, 2.45) is 0 Å². The van der Waals surface area contributed by atoms with Crippen LogP contribution in [0, 0.1) is 0 Å². The van der Waals surface area contributed by atoms with Gasteiger partial charge >= 0.3 is 255 Å². The number of hydrogen-bond acceptors (Lipinski definition) is 0. The van der Waals surface area contributed by atoms with Crippen LogP contribution in [0.1, 0.15) is 43.5 Å². The quantitative estimate of drug-likeness (QED) is 0.157. The van der Waals surface area contributed by atoms with Gasteiger partial charge in [-0.3, -0.25) is 0 Å². The van der Waals surface area contributed by atoms with Gasteiger partial charge in [0.1, 0.15) is 0 Å². The summed E-state index contributed by atoms with van der Waals surface area (Å²) in [4.78, 5) is 0. The second-order valence-electron chi connectivity index (χ2n) is 16.4. The fourth-order valence-electron chi connectivity index (χ4n) is 10.3. The van der Waals surface area contributed by atoms with Gasteiger partial charge in [-0.15, -0.1) is 0 Å². The summed E-state index contributed by atoms with van der Waals surface area (Å²) < 4.78 is 10.5. The average molecular weight is 741 g/mol. The van der Waals surface area contributed by atoms with Crippen LogP contribution < -0.4 is 3.32 Å². The van der Waals surface area contributed by atoms with E-state index in [1.54, 1.807) is 3.32 Å². The number of rotatable bonds is 5. The van der Waals surface area contributed by atoms with Gasteiger partial charge in [0.05, 0.1) is 0 Å². The zero-order chi connectivity index (χ0) is 30.1. The van der Waals surface area contributed by atoms with Crippen molar-refractivity contribution in [3.63, 3.8) is 0 Å². The van der Waals surface area contributed by atoms with E-state index in [-0.39, 0.29) is 0 Å². The minimum atomic E-state index is -5.43. The molecule has 7 rings (SSSR count). The Balaban J connectivity index is 1.58. The Hall–Kier alpha value is -3.33. The SMILES string of the molecule is CC1=Cc2c(-c3ccccc3)cccc2[CH]1[Hf]([CH3])([CH3])([CH3])(=[SiH2])([c]1ccccc1)[CH]1C(C)=Cc2c(-c3ccccc3)cccc21. The van der Waals surface area contributed by atoms with Gasteiger partial charge in [0.15, 0.2) is 0 Å². The predicted octanol–water partition coefficient (Wildman–Crippen LogP) is 10.4. The molecule has 0 saturated heterocycles. The molecule has 214 valence electrons. The van der Waals surface area contributed by atoms with Gasteiger partial charge in [0.25, 0.3) is 0 Å². The van der Waals surface area contributed by atoms with E-state index in [2.05, 4.69) is 174 Å². The first-order chi connectivity index (χ1) is 20.4. The molecular weight excluding hydrogens is 699 g/mol. The van der Waals surface area contributed by atoms with Crippen LogP contribution in [-0.4, -0.2) is 6.94 Å². The molecule has 5 aromatic rings. The molecule has 2 aliphatic carbocycles. The molecule has 43 heavy (non-hydrogen) atoms. The normalized spacial score (nSPS) is 20.1. The first-order valence-corrected chi connectivity index (χ1v) is 40.8. The van der Waals surface area contributed by atoms with Crippen molar-refractivity contribution in [2.75, 3.05) is 0 Å². The summed E-state index contributed by atoms with van der Waals surface area (Å²) in [6.07, 6.45) is 5.05. The molecule has 5 aromatic carbocycles. The molecule has 0 spiro atoms. The number of hydrogen-bond donors (Lipinski definition) is 0. The fourth-order valence-corrected chi connectivity index (χ4v) is 59.9. The van der Waals surface area contributed by atoms with E-state index in [0.717, 1.165) is 0 Å². The van der Waals surface area contributed by atoms with Crippen LogP contribution >= 0.6 is 0 Å². The van der Waals surface area contributed by atoms with Crippen LogP contribution in [0.3, 0.4) is 0 Å². The van der Waals surface area contributed by atoms with Gasteiger partial charge in [-0.1, -0.05) is 0 Å². The van der Waals surface area contributed by atoms with Crippen molar-refractivity contribution in [3.8, 4) is 22.3 Å². The minimum absolute atomic E-state index is 0.309. The Morgan fingerprint density at radius 1 is 0.465 bits per heavy atom. The number of benzene rings is 5. The second-order valence-corrected chi connectivity index (χ2v) is 93.3. The first kappa shape index (κ1) is 28.4. The predicted molar refractivity (Wildman–Crippen MR) is 189 cm³/mol. The van der Waals surface area contributed by atoms with Crippen LogP contribution in [-0.2, 0) is 14.2 Å². The van der Waals surface area contributed by atoms with E-state index in [1.807, 2.05) is 0 Å². The maximum absolute atomic E-state index is 5.43. The molecule has 0 amide bonds. The molecule has 0 heterocycles. The van der Waals surface area contributed by atoms with E-state index in [1.165, 1.54) is 55.7 Å². The van der Waals surface area contributed by atoms with Crippen molar-refractivity contribution in [3.05, 3.63) is 161 Å². The Morgan fingerprint density at radius 2 is 0.837 bits per heavy atom. The molecule has 2 heteroatoms. The van der Waals surface area contributed by atoms with Gasteiger partial charge in [-0.2, -0.15) is 0 Å². The molecule has 0 aliphatic heterocycles. The summed E-state index contributed by atoms with van der Waals surface area (Å²) in [5, 5.41) is 0. The zero-order valence-corrected chi connectivity index (χ0v) is 31.1. The molecule has 2 atom stereocenters. The third kappa shape index (κ3) is 3.82. The monoisotopic (exact) mass is 742 g/mol. The molecule has 0 fully saturated rings. The average Bonchev–Trinajstić information content (AvgIpc) is 3.56. The third-order valence-corrected chi connectivity index (χ3v) is 58.3. The first-order valence-electron chi connectivity index (χ1n) is 15.7. The van der Waals surface area contributed by atoms with Gasteiger partial charge in [-0.05, 0) is 0 Å². The Bertz CT molecular complexity index is 1990. The van der Waals surface area contributed by atoms with Gasteiger partial charge in [0, 0.05) is 0 Å². The molecular formula is C41H42HfSi. The topological polar surface area (TPSA) is 0 Å². The standard InChI is InChI=1S/2C16H13.C6H5.3CH3.Hf.H2Si/c2*1-12-10-14-8-5-9-15(16(14)11-12)13-6-3-2-4-7-13;1-2-4-6-5-3-1;;;;;/h2*2-11H,1H3;1-5H;3*1H3;;1H2. The van der Waals surface area contributed by atoms with Gasteiger partial charge < -0.3 is 0 Å². The van der Waals surface area contributed by atoms with Crippen LogP contribution in [0.25, 0.3) is 34.4 Å². The number of fused-ring (bicyclic) bond motifs is 2.